The predicted octanol–water partition coefficient (Wildman–Crippen LogP) is -0.271. The van der Waals surface area contributed by atoms with Crippen molar-refractivity contribution in [2.24, 2.45) is 0 Å². The molecule has 0 aliphatic rings. The fraction of sp³-hybridized carbons (Fsp3) is 0.333. The number of carbonyl (C=O) groups is 2. The second kappa shape index (κ2) is 8.16. The van der Waals surface area contributed by atoms with Crippen molar-refractivity contribution < 1.29 is 19.1 Å². The van der Waals surface area contributed by atoms with Crippen LogP contribution < -0.4 is 0 Å². The van der Waals surface area contributed by atoms with Crippen molar-refractivity contribution in [2.75, 3.05) is 13.2 Å². The zero-order valence-corrected chi connectivity index (χ0v) is 7.12. The van der Waals surface area contributed by atoms with Crippen molar-refractivity contribution in [3.8, 4) is 23.7 Å². The molecule has 0 fully saturated rings. The molecule has 0 aliphatic heterocycles. The van der Waals surface area contributed by atoms with Crippen LogP contribution >= 0.6 is 0 Å². The van der Waals surface area contributed by atoms with E-state index >= 15 is 0 Å². The highest BCUT2D eigenvalue weighted by molar-refractivity contribution is 5.66. The lowest BCUT2D eigenvalue weighted by Crippen LogP contribution is -1.97. The number of ether oxygens (including phenoxy) is 2. The van der Waals surface area contributed by atoms with Crippen LogP contribution in [0.4, 0.5) is 0 Å². The number of hydrogen-bond donors (Lipinski definition) is 0. The lowest BCUT2D eigenvalue weighted by atomic mass is 10.5. The Labute approximate surface area is 76.2 Å². The first kappa shape index (κ1) is 11.1. The van der Waals surface area contributed by atoms with E-state index in [0.29, 0.717) is 6.47 Å². The van der Waals surface area contributed by atoms with E-state index in [1.165, 1.54) is 6.92 Å². The fourth-order valence-corrected chi connectivity index (χ4v) is 0.374. The number of carbonyl (C=O) groups excluding carboxylic acids is 2. The molecule has 4 nitrogen and oxygen atoms in total. The van der Waals surface area contributed by atoms with Gasteiger partial charge in [0, 0.05) is 6.92 Å². The Morgan fingerprint density at radius 3 is 2.46 bits per heavy atom. The van der Waals surface area contributed by atoms with Gasteiger partial charge in [0.05, 0.1) is 0 Å². The average molecular weight is 180 g/mol. The van der Waals surface area contributed by atoms with Crippen LogP contribution in [0.1, 0.15) is 6.92 Å². The summed E-state index contributed by atoms with van der Waals surface area (Å²) in [5.74, 6) is 9.38. The first-order chi connectivity index (χ1) is 6.27. The molecule has 0 radical (unpaired) electrons. The second-order valence-electron chi connectivity index (χ2n) is 1.79. The SMILES string of the molecule is CC(=O)OCC#CC#CCOC=O. The summed E-state index contributed by atoms with van der Waals surface area (Å²) in [6.45, 7) is 1.65. The van der Waals surface area contributed by atoms with E-state index < -0.39 is 0 Å². The quantitative estimate of drug-likeness (QED) is 0.259. The monoisotopic (exact) mass is 180 g/mol. The van der Waals surface area contributed by atoms with Crippen molar-refractivity contribution >= 4 is 12.4 Å². The van der Waals surface area contributed by atoms with E-state index in [1.54, 1.807) is 0 Å². The van der Waals surface area contributed by atoms with Crippen LogP contribution in [0.2, 0.25) is 0 Å². The standard InChI is InChI=1S/C9H8O4/c1-9(11)13-7-5-3-2-4-6-12-8-10/h8H,6-7H2,1H3. The molecule has 0 heterocycles. The Morgan fingerprint density at radius 1 is 1.31 bits per heavy atom. The molecule has 0 unspecified atom stereocenters. The largest absolute Gasteiger partial charge is 0.455 e. The average Bonchev–Trinajstić information content (AvgIpc) is 2.09. The van der Waals surface area contributed by atoms with Crippen molar-refractivity contribution in [1.29, 1.82) is 0 Å². The number of esters is 1. The number of hydrogen-bond acceptors (Lipinski definition) is 4. The molecule has 0 aromatic heterocycles. The molecule has 0 amide bonds. The Morgan fingerprint density at radius 2 is 1.92 bits per heavy atom. The van der Waals surface area contributed by atoms with Crippen molar-refractivity contribution in [2.45, 2.75) is 6.92 Å². The zero-order chi connectivity index (χ0) is 9.94. The summed E-state index contributed by atoms with van der Waals surface area (Å²) in [6.07, 6.45) is 0. The minimum Gasteiger partial charge on any atom is -0.455 e. The first-order valence-electron chi connectivity index (χ1n) is 3.41. The molecule has 0 aliphatic carbocycles. The van der Waals surface area contributed by atoms with Gasteiger partial charge in [-0.2, -0.15) is 0 Å². The molecular formula is C9H8O4. The molecule has 0 saturated carbocycles. The molecule has 0 N–H and O–H groups in total. The summed E-state index contributed by atoms with van der Waals surface area (Å²) in [6, 6.07) is 0. The molecule has 0 atom stereocenters. The van der Waals surface area contributed by atoms with Gasteiger partial charge in [0.1, 0.15) is 0 Å². The van der Waals surface area contributed by atoms with E-state index in [9.17, 15) is 9.59 Å². The highest BCUT2D eigenvalue weighted by Gasteiger charge is 1.84. The van der Waals surface area contributed by atoms with Crippen LogP contribution in [0.3, 0.4) is 0 Å². The summed E-state index contributed by atoms with van der Waals surface area (Å²) in [7, 11) is 0. The van der Waals surface area contributed by atoms with Gasteiger partial charge >= 0.3 is 5.97 Å². The van der Waals surface area contributed by atoms with E-state index in [-0.39, 0.29) is 19.2 Å². The van der Waals surface area contributed by atoms with Crippen molar-refractivity contribution in [3.05, 3.63) is 0 Å². The highest BCUT2D eigenvalue weighted by atomic mass is 16.5. The zero-order valence-electron chi connectivity index (χ0n) is 7.12. The van der Waals surface area contributed by atoms with Crippen molar-refractivity contribution in [1.82, 2.24) is 0 Å². The van der Waals surface area contributed by atoms with E-state index in [4.69, 9.17) is 0 Å². The van der Waals surface area contributed by atoms with E-state index in [0.717, 1.165) is 0 Å². The first-order valence-corrected chi connectivity index (χ1v) is 3.41. The molecule has 13 heavy (non-hydrogen) atoms. The third-order valence-corrected chi connectivity index (χ3v) is 0.810. The summed E-state index contributed by atoms with van der Waals surface area (Å²) < 4.78 is 8.77. The summed E-state index contributed by atoms with van der Waals surface area (Å²) in [5.41, 5.74) is 0. The lowest BCUT2D eigenvalue weighted by Gasteiger charge is -1.89. The molecule has 0 spiro atoms. The topological polar surface area (TPSA) is 52.6 Å². The second-order valence-corrected chi connectivity index (χ2v) is 1.79. The fourth-order valence-electron chi connectivity index (χ4n) is 0.374. The van der Waals surface area contributed by atoms with Crippen molar-refractivity contribution in [3.63, 3.8) is 0 Å². The van der Waals surface area contributed by atoms with Gasteiger partial charge in [0.15, 0.2) is 13.2 Å². The predicted molar refractivity (Wildman–Crippen MR) is 44.2 cm³/mol. The van der Waals surface area contributed by atoms with Crippen LogP contribution in [0.5, 0.6) is 0 Å². The van der Waals surface area contributed by atoms with Gasteiger partial charge in [-0.15, -0.1) is 0 Å². The van der Waals surface area contributed by atoms with Gasteiger partial charge in [-0.3, -0.25) is 9.59 Å². The summed E-state index contributed by atoms with van der Waals surface area (Å²) in [5, 5.41) is 0. The summed E-state index contributed by atoms with van der Waals surface area (Å²) >= 11 is 0. The maximum Gasteiger partial charge on any atom is 0.303 e. The Kier molecular flexibility index (Phi) is 6.94. The van der Waals surface area contributed by atoms with Crippen LogP contribution in [-0.4, -0.2) is 25.7 Å². The lowest BCUT2D eigenvalue weighted by molar-refractivity contribution is -0.139. The van der Waals surface area contributed by atoms with Crippen LogP contribution in [0, 0.1) is 23.7 Å². The van der Waals surface area contributed by atoms with Gasteiger partial charge in [-0.25, -0.2) is 0 Å². The Bertz CT molecular complexity index is 284. The van der Waals surface area contributed by atoms with E-state index in [2.05, 4.69) is 33.2 Å². The van der Waals surface area contributed by atoms with Gasteiger partial charge in [-0.1, -0.05) is 0 Å². The van der Waals surface area contributed by atoms with E-state index in [1.807, 2.05) is 0 Å². The third kappa shape index (κ3) is 10.1. The van der Waals surface area contributed by atoms with Gasteiger partial charge in [0.2, 0.25) is 0 Å². The molecule has 4 heteroatoms. The molecular weight excluding hydrogens is 172 g/mol. The molecule has 0 aromatic rings. The molecule has 0 aromatic carbocycles. The molecule has 68 valence electrons. The van der Waals surface area contributed by atoms with Crippen LogP contribution in [-0.2, 0) is 19.1 Å². The Hall–Kier alpha value is -1.94. The Balaban J connectivity index is 3.52. The molecule has 0 rings (SSSR count). The smallest absolute Gasteiger partial charge is 0.303 e. The maximum atomic E-state index is 10.2. The van der Waals surface area contributed by atoms with Crippen LogP contribution in [0.15, 0.2) is 0 Å². The maximum absolute atomic E-state index is 10.2. The minimum absolute atomic E-state index is 0.0196. The highest BCUT2D eigenvalue weighted by Crippen LogP contribution is 1.72. The van der Waals surface area contributed by atoms with Gasteiger partial charge < -0.3 is 9.47 Å². The minimum atomic E-state index is -0.383. The molecule has 0 saturated heterocycles. The van der Waals surface area contributed by atoms with Gasteiger partial charge in [0.25, 0.3) is 6.47 Å². The number of rotatable bonds is 3. The normalized spacial score (nSPS) is 6.85. The third-order valence-electron chi connectivity index (χ3n) is 0.810. The molecule has 0 bridgehead atoms. The van der Waals surface area contributed by atoms with Crippen LogP contribution in [0.25, 0.3) is 0 Å². The summed E-state index contributed by atoms with van der Waals surface area (Å²) in [4.78, 5) is 19.9. The van der Waals surface area contributed by atoms with Gasteiger partial charge in [-0.05, 0) is 23.7 Å².